The molecule has 3 rings (SSSR count). The van der Waals surface area contributed by atoms with E-state index in [0.29, 0.717) is 21.9 Å². The second-order valence-corrected chi connectivity index (χ2v) is 6.44. The molecule has 0 spiro atoms. The number of rotatable bonds is 3. The Bertz CT molecular complexity index is 974. The van der Waals surface area contributed by atoms with Crippen LogP contribution in [0.5, 0.6) is 0 Å². The van der Waals surface area contributed by atoms with Gasteiger partial charge in [-0.3, -0.25) is 4.79 Å². The zero-order valence-electron chi connectivity index (χ0n) is 12.7. The molecule has 5 nitrogen and oxygen atoms in total. The lowest BCUT2D eigenvalue weighted by molar-refractivity contribution is 0.793. The van der Waals surface area contributed by atoms with E-state index in [1.807, 2.05) is 31.2 Å². The summed E-state index contributed by atoms with van der Waals surface area (Å²) in [5, 5.41) is 9.77. The molecule has 114 valence electrons. The SMILES string of the molecule is Cc1ccnc(-n2c(SC(C)C#N)nc3ccccc3c2=O)c1. The lowest BCUT2D eigenvalue weighted by atomic mass is 10.2. The van der Waals surface area contributed by atoms with E-state index >= 15 is 0 Å². The molecule has 0 aliphatic carbocycles. The van der Waals surface area contributed by atoms with Crippen molar-refractivity contribution in [1.29, 1.82) is 5.26 Å². The van der Waals surface area contributed by atoms with Crippen LogP contribution >= 0.6 is 11.8 Å². The lowest BCUT2D eigenvalue weighted by Crippen LogP contribution is -2.23. The summed E-state index contributed by atoms with van der Waals surface area (Å²) in [4.78, 5) is 21.8. The minimum atomic E-state index is -0.320. The molecule has 0 aliphatic rings. The molecule has 0 fully saturated rings. The summed E-state index contributed by atoms with van der Waals surface area (Å²) in [7, 11) is 0. The van der Waals surface area contributed by atoms with Crippen molar-refractivity contribution < 1.29 is 0 Å². The molecule has 6 heteroatoms. The fourth-order valence-corrected chi connectivity index (χ4v) is 3.02. The number of para-hydroxylation sites is 1. The fraction of sp³-hybridized carbons (Fsp3) is 0.176. The molecule has 1 atom stereocenters. The average Bonchev–Trinajstić information content (AvgIpc) is 2.55. The molecule has 1 aromatic carbocycles. The van der Waals surface area contributed by atoms with Crippen LogP contribution in [0.2, 0.25) is 0 Å². The minimum Gasteiger partial charge on any atom is -0.268 e. The van der Waals surface area contributed by atoms with Gasteiger partial charge in [0.1, 0.15) is 5.82 Å². The molecule has 0 saturated heterocycles. The third-order valence-electron chi connectivity index (χ3n) is 3.34. The summed E-state index contributed by atoms with van der Waals surface area (Å²) < 4.78 is 1.48. The normalized spacial score (nSPS) is 12.0. The largest absolute Gasteiger partial charge is 0.268 e. The molecular formula is C17H14N4OS. The van der Waals surface area contributed by atoms with Crippen molar-refractivity contribution in [3.05, 3.63) is 58.5 Å². The number of fused-ring (bicyclic) bond motifs is 1. The highest BCUT2D eigenvalue weighted by Gasteiger charge is 2.16. The third kappa shape index (κ3) is 2.96. The number of hydrogen-bond acceptors (Lipinski definition) is 5. The van der Waals surface area contributed by atoms with E-state index in [2.05, 4.69) is 16.0 Å². The van der Waals surface area contributed by atoms with Crippen LogP contribution in [-0.4, -0.2) is 19.8 Å². The van der Waals surface area contributed by atoms with Gasteiger partial charge < -0.3 is 0 Å². The van der Waals surface area contributed by atoms with E-state index in [0.717, 1.165) is 5.56 Å². The van der Waals surface area contributed by atoms with Gasteiger partial charge in [0.25, 0.3) is 5.56 Å². The summed E-state index contributed by atoms with van der Waals surface area (Å²) in [6.45, 7) is 3.72. The Morgan fingerprint density at radius 1 is 1.30 bits per heavy atom. The van der Waals surface area contributed by atoms with Crippen LogP contribution in [0.25, 0.3) is 16.7 Å². The first-order valence-electron chi connectivity index (χ1n) is 7.11. The monoisotopic (exact) mass is 322 g/mol. The van der Waals surface area contributed by atoms with E-state index in [-0.39, 0.29) is 10.8 Å². The first kappa shape index (κ1) is 15.3. The van der Waals surface area contributed by atoms with Crippen molar-refractivity contribution in [2.45, 2.75) is 24.3 Å². The van der Waals surface area contributed by atoms with E-state index in [1.165, 1.54) is 16.3 Å². The van der Waals surface area contributed by atoms with Crippen LogP contribution in [0, 0.1) is 18.3 Å². The summed E-state index contributed by atoms with van der Waals surface area (Å²) in [5.74, 6) is 0.515. The average molecular weight is 322 g/mol. The standard InChI is InChI=1S/C17H14N4OS/c1-11-7-8-19-15(9-11)21-16(22)13-5-3-4-6-14(13)20-17(21)23-12(2)10-18/h3-9,12H,1-2H3. The Hall–Kier alpha value is -2.65. The Kier molecular flexibility index (Phi) is 4.13. The molecular weight excluding hydrogens is 308 g/mol. The predicted octanol–water partition coefficient (Wildman–Crippen LogP) is 3.09. The summed E-state index contributed by atoms with van der Waals surface area (Å²) in [6, 6.07) is 13.1. The zero-order chi connectivity index (χ0) is 16.4. The first-order chi connectivity index (χ1) is 11.1. The zero-order valence-corrected chi connectivity index (χ0v) is 13.5. The van der Waals surface area contributed by atoms with Gasteiger partial charge in [-0.05, 0) is 43.7 Å². The maximum atomic E-state index is 12.9. The smallest absolute Gasteiger partial charge is 0.267 e. The highest BCUT2D eigenvalue weighted by Crippen LogP contribution is 2.24. The number of aromatic nitrogens is 3. The highest BCUT2D eigenvalue weighted by molar-refractivity contribution is 8.00. The Morgan fingerprint density at radius 3 is 2.83 bits per heavy atom. The van der Waals surface area contributed by atoms with Crippen LogP contribution < -0.4 is 5.56 Å². The fourth-order valence-electron chi connectivity index (χ4n) is 2.22. The van der Waals surface area contributed by atoms with Crippen molar-refractivity contribution in [3.8, 4) is 11.9 Å². The van der Waals surface area contributed by atoms with Gasteiger partial charge in [-0.25, -0.2) is 14.5 Å². The quantitative estimate of drug-likeness (QED) is 0.547. The maximum Gasteiger partial charge on any atom is 0.267 e. The van der Waals surface area contributed by atoms with Gasteiger partial charge in [-0.15, -0.1) is 0 Å². The van der Waals surface area contributed by atoms with Crippen LogP contribution in [0.4, 0.5) is 0 Å². The lowest BCUT2D eigenvalue weighted by Gasteiger charge is -2.13. The van der Waals surface area contributed by atoms with Gasteiger partial charge in [-0.2, -0.15) is 5.26 Å². The van der Waals surface area contributed by atoms with Gasteiger partial charge in [0.15, 0.2) is 5.16 Å². The Morgan fingerprint density at radius 2 is 2.09 bits per heavy atom. The predicted molar refractivity (Wildman–Crippen MR) is 90.8 cm³/mol. The third-order valence-corrected chi connectivity index (χ3v) is 4.28. The van der Waals surface area contributed by atoms with Gasteiger partial charge >= 0.3 is 0 Å². The molecule has 3 aromatic rings. The molecule has 2 heterocycles. The van der Waals surface area contributed by atoms with Crippen molar-refractivity contribution in [2.24, 2.45) is 0 Å². The molecule has 0 amide bonds. The molecule has 0 saturated carbocycles. The van der Waals surface area contributed by atoms with Crippen molar-refractivity contribution in [3.63, 3.8) is 0 Å². The number of nitrogens with zero attached hydrogens (tertiary/aromatic N) is 4. The number of benzene rings is 1. The van der Waals surface area contributed by atoms with E-state index in [4.69, 9.17) is 5.26 Å². The number of aryl methyl sites for hydroxylation is 1. The minimum absolute atomic E-state index is 0.179. The molecule has 1 unspecified atom stereocenters. The van der Waals surface area contributed by atoms with Gasteiger partial charge in [0, 0.05) is 6.20 Å². The van der Waals surface area contributed by atoms with Crippen molar-refractivity contribution >= 4 is 22.7 Å². The summed E-state index contributed by atoms with van der Waals surface area (Å²) in [6.07, 6.45) is 1.66. The van der Waals surface area contributed by atoms with Gasteiger partial charge in [0.2, 0.25) is 0 Å². The second kappa shape index (κ2) is 6.23. The number of pyridine rings is 1. The second-order valence-electron chi connectivity index (χ2n) is 5.13. The molecule has 0 aliphatic heterocycles. The van der Waals surface area contributed by atoms with Crippen LogP contribution in [0.3, 0.4) is 0 Å². The van der Waals surface area contributed by atoms with Crippen molar-refractivity contribution in [1.82, 2.24) is 14.5 Å². The van der Waals surface area contributed by atoms with E-state index in [1.54, 1.807) is 25.3 Å². The maximum absolute atomic E-state index is 12.9. The van der Waals surface area contributed by atoms with E-state index < -0.39 is 0 Å². The highest BCUT2D eigenvalue weighted by atomic mass is 32.2. The number of thioether (sulfide) groups is 1. The van der Waals surface area contributed by atoms with Gasteiger partial charge in [-0.1, -0.05) is 23.9 Å². The molecule has 0 N–H and O–H groups in total. The molecule has 0 bridgehead atoms. The molecule has 0 radical (unpaired) electrons. The number of hydrogen-bond donors (Lipinski definition) is 0. The topological polar surface area (TPSA) is 71.6 Å². The summed E-state index contributed by atoms with van der Waals surface area (Å²) >= 11 is 1.25. The molecule has 2 aromatic heterocycles. The van der Waals surface area contributed by atoms with Crippen LogP contribution in [-0.2, 0) is 0 Å². The summed E-state index contributed by atoms with van der Waals surface area (Å²) in [5.41, 5.74) is 1.44. The first-order valence-corrected chi connectivity index (χ1v) is 7.99. The molecule has 23 heavy (non-hydrogen) atoms. The van der Waals surface area contributed by atoms with Gasteiger partial charge in [0.05, 0.1) is 22.2 Å². The van der Waals surface area contributed by atoms with E-state index in [9.17, 15) is 4.79 Å². The van der Waals surface area contributed by atoms with Crippen molar-refractivity contribution in [2.75, 3.05) is 0 Å². The van der Waals surface area contributed by atoms with Crippen LogP contribution in [0.15, 0.2) is 52.5 Å². The number of nitriles is 1. The Labute approximate surface area is 137 Å². The Balaban J connectivity index is 2.33. The van der Waals surface area contributed by atoms with Crippen LogP contribution in [0.1, 0.15) is 12.5 Å².